The maximum absolute atomic E-state index is 14.5. The average molecular weight is 832 g/mol. The maximum atomic E-state index is 14.5. The van der Waals surface area contributed by atoms with Crippen LogP contribution >= 0.6 is 0 Å². The Morgan fingerprint density at radius 1 is 0.814 bits per heavy atom. The van der Waals surface area contributed by atoms with Crippen molar-refractivity contribution in [1.82, 2.24) is 31.5 Å². The summed E-state index contributed by atoms with van der Waals surface area (Å²) in [7, 11) is 0. The molecular weight excluding hydrogens is 766 g/mol. The molecule has 59 heavy (non-hydrogen) atoms. The lowest BCUT2D eigenvalue weighted by Gasteiger charge is -2.32. The number of likely N-dealkylation sites (tertiary alicyclic amines) is 1. The Labute approximate surface area is 345 Å². The number of carboxylic acid groups (broad SMARTS) is 1. The summed E-state index contributed by atoms with van der Waals surface area (Å²) in [5, 5.41) is 32.2. The number of aliphatic hydroxyl groups is 1. The molecule has 0 spiro atoms. The van der Waals surface area contributed by atoms with Crippen molar-refractivity contribution < 1.29 is 48.6 Å². The molecular formula is C40H65N9O10. The first-order valence-electron chi connectivity index (χ1n) is 20.4. The number of benzene rings is 1. The van der Waals surface area contributed by atoms with Crippen LogP contribution in [0.3, 0.4) is 0 Å². The summed E-state index contributed by atoms with van der Waals surface area (Å²) in [4.78, 5) is 107. The van der Waals surface area contributed by atoms with E-state index < -0.39 is 96.2 Å². The standard InChI is InChI=1S/C40H65N9O10/c1-5-24(4)33(38(56)47-30(40(58)59)20-23(2)3)48-37(55)31-15-11-19-49(31)39(57)29(21-25-12-7-6-8-13-25)46-35(53)27(14-9-10-18-41)45-36(54)28(16-17-32(43)51)44-34(52)26(42)22-50/h6-8,12-13,23-24,26-31,33,50H,5,9-11,14-22,41-42H2,1-4H3,(H2,43,51)(H,44,52)(H,45,54)(H,46,53)(H,47,56)(H,48,55)(H,58,59)/t24-,26-,27-,28-,29-,30-,31-,33-/m0/s1. The maximum Gasteiger partial charge on any atom is 0.326 e. The molecule has 19 heteroatoms. The van der Waals surface area contributed by atoms with Gasteiger partial charge in [0.05, 0.1) is 6.61 Å². The van der Waals surface area contributed by atoms with Gasteiger partial charge in [-0.15, -0.1) is 0 Å². The fourth-order valence-electron chi connectivity index (χ4n) is 6.68. The number of nitrogens with zero attached hydrogens (tertiary/aromatic N) is 1. The zero-order chi connectivity index (χ0) is 44.2. The number of primary amides is 1. The first-order valence-corrected chi connectivity index (χ1v) is 20.4. The number of carboxylic acids is 1. The van der Waals surface area contributed by atoms with Crippen molar-refractivity contribution in [2.75, 3.05) is 19.7 Å². The van der Waals surface area contributed by atoms with Crippen molar-refractivity contribution in [3.05, 3.63) is 35.9 Å². The number of carbonyl (C=O) groups is 8. The zero-order valence-electron chi connectivity index (χ0n) is 34.6. The molecule has 1 aromatic carbocycles. The van der Waals surface area contributed by atoms with Gasteiger partial charge < -0.3 is 58.9 Å². The lowest BCUT2D eigenvalue weighted by Crippen LogP contribution is -2.60. The van der Waals surface area contributed by atoms with Gasteiger partial charge in [0.25, 0.3) is 0 Å². The van der Waals surface area contributed by atoms with Crippen LogP contribution in [0.2, 0.25) is 0 Å². The van der Waals surface area contributed by atoms with Crippen molar-refractivity contribution in [3.8, 4) is 0 Å². The molecule has 0 bridgehead atoms. The largest absolute Gasteiger partial charge is 0.480 e. The summed E-state index contributed by atoms with van der Waals surface area (Å²) in [5.74, 6) is -6.63. The van der Waals surface area contributed by atoms with Gasteiger partial charge in [0.1, 0.15) is 42.3 Å². The van der Waals surface area contributed by atoms with Gasteiger partial charge in [-0.05, 0) is 68.9 Å². The molecule has 0 unspecified atom stereocenters. The van der Waals surface area contributed by atoms with Crippen LogP contribution in [0.4, 0.5) is 0 Å². The fourth-order valence-corrected chi connectivity index (χ4v) is 6.68. The Hall–Kier alpha value is -5.14. The fraction of sp³-hybridized carbons (Fsp3) is 0.650. The molecule has 1 aromatic rings. The van der Waals surface area contributed by atoms with Crippen LogP contribution in [0, 0.1) is 11.8 Å². The molecule has 1 fully saturated rings. The third-order valence-corrected chi connectivity index (χ3v) is 10.3. The van der Waals surface area contributed by atoms with Gasteiger partial charge in [0.15, 0.2) is 0 Å². The number of nitrogens with two attached hydrogens (primary N) is 3. The zero-order valence-corrected chi connectivity index (χ0v) is 34.6. The normalized spacial score (nSPS) is 17.4. The van der Waals surface area contributed by atoms with Crippen LogP contribution in [0.5, 0.6) is 0 Å². The highest BCUT2D eigenvalue weighted by molar-refractivity contribution is 5.97. The Balaban J connectivity index is 2.41. The van der Waals surface area contributed by atoms with E-state index in [0.29, 0.717) is 37.8 Å². The van der Waals surface area contributed by atoms with Crippen LogP contribution in [-0.2, 0) is 44.8 Å². The van der Waals surface area contributed by atoms with E-state index in [1.54, 1.807) is 37.3 Å². The molecule has 13 N–H and O–H groups in total. The number of unbranched alkanes of at least 4 members (excludes halogenated alkanes) is 1. The molecule has 1 saturated heterocycles. The van der Waals surface area contributed by atoms with E-state index in [-0.39, 0.29) is 56.9 Å². The van der Waals surface area contributed by atoms with Crippen LogP contribution in [0.1, 0.15) is 91.0 Å². The van der Waals surface area contributed by atoms with Crippen LogP contribution in [-0.4, -0.2) is 124 Å². The van der Waals surface area contributed by atoms with E-state index in [0.717, 1.165) is 0 Å². The molecule has 1 aliphatic heterocycles. The minimum absolute atomic E-state index is 0.0143. The van der Waals surface area contributed by atoms with E-state index in [1.165, 1.54) is 4.90 Å². The number of amides is 7. The van der Waals surface area contributed by atoms with Gasteiger partial charge in [0, 0.05) is 19.4 Å². The number of hydrogen-bond donors (Lipinski definition) is 10. The second-order valence-corrected chi connectivity index (χ2v) is 15.5. The second-order valence-electron chi connectivity index (χ2n) is 15.5. The van der Waals surface area contributed by atoms with E-state index in [1.807, 2.05) is 20.8 Å². The predicted octanol–water partition coefficient (Wildman–Crippen LogP) is -1.47. The Morgan fingerprint density at radius 2 is 1.41 bits per heavy atom. The average Bonchev–Trinajstić information content (AvgIpc) is 3.70. The minimum Gasteiger partial charge on any atom is -0.480 e. The molecule has 0 aliphatic carbocycles. The number of nitrogens with one attached hydrogen (secondary N) is 5. The van der Waals surface area contributed by atoms with Gasteiger partial charge in [-0.3, -0.25) is 33.6 Å². The predicted molar refractivity (Wildman–Crippen MR) is 217 cm³/mol. The van der Waals surface area contributed by atoms with Gasteiger partial charge in [-0.25, -0.2) is 4.79 Å². The Kier molecular flexibility index (Phi) is 21.5. The third-order valence-electron chi connectivity index (χ3n) is 10.3. The molecule has 2 rings (SSSR count). The number of aliphatic hydroxyl groups excluding tert-OH is 1. The van der Waals surface area contributed by atoms with Gasteiger partial charge in [-0.2, -0.15) is 0 Å². The summed E-state index contributed by atoms with van der Waals surface area (Å²) >= 11 is 0. The monoisotopic (exact) mass is 831 g/mol. The Bertz CT molecular complexity index is 1580. The summed E-state index contributed by atoms with van der Waals surface area (Å²) in [6, 6.07) is 0.414. The third kappa shape index (κ3) is 16.6. The van der Waals surface area contributed by atoms with E-state index >= 15 is 0 Å². The van der Waals surface area contributed by atoms with Gasteiger partial charge >= 0.3 is 5.97 Å². The van der Waals surface area contributed by atoms with Crippen LogP contribution in [0.15, 0.2) is 30.3 Å². The van der Waals surface area contributed by atoms with E-state index in [4.69, 9.17) is 17.2 Å². The topological polar surface area (TPSA) is 318 Å². The summed E-state index contributed by atoms with van der Waals surface area (Å²) in [6.07, 6.45) is 1.84. The van der Waals surface area contributed by atoms with Crippen molar-refractivity contribution in [2.24, 2.45) is 29.0 Å². The second kappa shape index (κ2) is 25.4. The highest BCUT2D eigenvalue weighted by Gasteiger charge is 2.41. The lowest BCUT2D eigenvalue weighted by atomic mass is 9.96. The molecule has 8 atom stereocenters. The minimum atomic E-state index is -1.36. The SMILES string of the molecule is CC[C@H](C)[C@H](NC(=O)[C@@H]1CCCN1C(=O)[C@H](Cc1ccccc1)NC(=O)[C@H](CCCCN)NC(=O)[C@H](CCC(N)=O)NC(=O)[C@@H](N)CO)C(=O)N[C@@H](CC(C)C)C(=O)O. The van der Waals surface area contributed by atoms with Crippen molar-refractivity contribution >= 4 is 47.3 Å². The van der Waals surface area contributed by atoms with Gasteiger partial charge in [-0.1, -0.05) is 64.4 Å². The number of aliphatic carboxylic acids is 1. The van der Waals surface area contributed by atoms with Crippen LogP contribution < -0.4 is 43.8 Å². The van der Waals surface area contributed by atoms with E-state index in [2.05, 4.69) is 26.6 Å². The molecule has 7 amide bonds. The highest BCUT2D eigenvalue weighted by atomic mass is 16.4. The lowest BCUT2D eigenvalue weighted by molar-refractivity contribution is -0.144. The molecule has 0 radical (unpaired) electrons. The molecule has 1 aliphatic rings. The molecule has 1 heterocycles. The highest BCUT2D eigenvalue weighted by Crippen LogP contribution is 2.21. The molecule has 330 valence electrons. The van der Waals surface area contributed by atoms with Crippen LogP contribution in [0.25, 0.3) is 0 Å². The van der Waals surface area contributed by atoms with Crippen molar-refractivity contribution in [2.45, 2.75) is 134 Å². The number of hydrogen-bond acceptors (Lipinski definition) is 11. The molecule has 0 aromatic heterocycles. The number of rotatable bonds is 26. The van der Waals surface area contributed by atoms with E-state index in [9.17, 15) is 48.6 Å². The van der Waals surface area contributed by atoms with Crippen molar-refractivity contribution in [1.29, 1.82) is 0 Å². The summed E-state index contributed by atoms with van der Waals surface area (Å²) < 4.78 is 0. The quantitative estimate of drug-likeness (QED) is 0.0479. The molecule has 0 saturated carbocycles. The smallest absolute Gasteiger partial charge is 0.326 e. The summed E-state index contributed by atoms with van der Waals surface area (Å²) in [5.41, 5.74) is 17.3. The summed E-state index contributed by atoms with van der Waals surface area (Å²) in [6.45, 7) is 7.00. The number of carbonyl (C=O) groups excluding carboxylic acids is 7. The Morgan fingerprint density at radius 3 is 1.97 bits per heavy atom. The first-order chi connectivity index (χ1) is 27.9. The molecule has 19 nitrogen and oxygen atoms in total. The van der Waals surface area contributed by atoms with Crippen molar-refractivity contribution in [3.63, 3.8) is 0 Å². The van der Waals surface area contributed by atoms with Gasteiger partial charge in [0.2, 0.25) is 41.4 Å². The first kappa shape index (κ1) is 50.0.